The van der Waals surface area contributed by atoms with Gasteiger partial charge in [-0.15, -0.1) is 5.54 Å². The Morgan fingerprint density at radius 2 is 2.24 bits per heavy atom. The molecule has 3 unspecified atom stereocenters. The molecule has 7 nitrogen and oxygen atoms in total. The first-order chi connectivity index (χ1) is 11.9. The average molecular weight is 360 g/mol. The standard InChI is InChI=1S/C17H20N2O5Si/c1-25(2)6-5-11-9-18(17-8-15(21)16(10-20)24-17)14-4-3-12(19(22)23)7-13(11)14/h3-4,7,9,15-17,20-21,25H,8,10H2,1-2H3. The molecule has 25 heavy (non-hydrogen) atoms. The third kappa shape index (κ3) is 3.45. The second-order valence-electron chi connectivity index (χ2n) is 6.45. The van der Waals surface area contributed by atoms with Crippen LogP contribution in [0.5, 0.6) is 0 Å². The number of hydrogen-bond donors (Lipinski definition) is 2. The number of aromatic nitrogens is 1. The first-order valence-electron chi connectivity index (χ1n) is 8.15. The lowest BCUT2D eigenvalue weighted by Gasteiger charge is -2.14. The van der Waals surface area contributed by atoms with Gasteiger partial charge in [0.15, 0.2) is 0 Å². The second kappa shape index (κ2) is 6.97. The fourth-order valence-corrected chi connectivity index (χ4v) is 3.41. The van der Waals surface area contributed by atoms with E-state index < -0.39 is 32.2 Å². The maximum absolute atomic E-state index is 11.1. The molecule has 0 aliphatic carbocycles. The lowest BCUT2D eigenvalue weighted by atomic mass is 10.1. The summed E-state index contributed by atoms with van der Waals surface area (Å²) in [5.74, 6) is 3.13. The number of aliphatic hydroxyl groups is 2. The van der Waals surface area contributed by atoms with Crippen LogP contribution in [0.4, 0.5) is 5.69 Å². The van der Waals surface area contributed by atoms with Crippen molar-refractivity contribution in [1.82, 2.24) is 4.57 Å². The predicted molar refractivity (Wildman–Crippen MR) is 96.0 cm³/mol. The van der Waals surface area contributed by atoms with Crippen LogP contribution in [0.25, 0.3) is 10.9 Å². The quantitative estimate of drug-likeness (QED) is 0.375. The summed E-state index contributed by atoms with van der Waals surface area (Å²) >= 11 is 0. The topological polar surface area (TPSA) is 97.8 Å². The SMILES string of the molecule is C[SiH](C)C#Cc1cn(C2CC(O)C(CO)O2)c2ccc([N+](=O)[O-])cc12. The molecule has 0 radical (unpaired) electrons. The summed E-state index contributed by atoms with van der Waals surface area (Å²) in [7, 11) is -1.10. The van der Waals surface area contributed by atoms with Crippen LogP contribution in [0.3, 0.4) is 0 Å². The molecule has 1 aromatic heterocycles. The first-order valence-corrected chi connectivity index (χ1v) is 11.0. The van der Waals surface area contributed by atoms with Crippen LogP contribution < -0.4 is 0 Å². The molecule has 0 bridgehead atoms. The number of nitrogens with zero attached hydrogens (tertiary/aromatic N) is 2. The maximum Gasteiger partial charge on any atom is 0.270 e. The van der Waals surface area contributed by atoms with Crippen molar-refractivity contribution in [3.8, 4) is 11.5 Å². The molecular formula is C17H20N2O5Si. The van der Waals surface area contributed by atoms with Gasteiger partial charge in [-0.25, -0.2) is 0 Å². The van der Waals surface area contributed by atoms with Crippen molar-refractivity contribution in [2.75, 3.05) is 6.61 Å². The Balaban J connectivity index is 2.10. The summed E-state index contributed by atoms with van der Waals surface area (Å²) in [5, 5.41) is 31.0. The molecule has 0 amide bonds. The number of nitro groups is 1. The van der Waals surface area contributed by atoms with Crippen LogP contribution in [0.1, 0.15) is 18.2 Å². The fourth-order valence-electron chi connectivity index (χ4n) is 2.97. The summed E-state index contributed by atoms with van der Waals surface area (Å²) in [6.07, 6.45) is 0.344. The highest BCUT2D eigenvalue weighted by atomic mass is 28.3. The minimum atomic E-state index is -1.10. The zero-order chi connectivity index (χ0) is 18.1. The first kappa shape index (κ1) is 17.6. The Kier molecular flexibility index (Phi) is 4.92. The zero-order valence-corrected chi connectivity index (χ0v) is 15.2. The Labute approximate surface area is 146 Å². The molecule has 2 aromatic rings. The second-order valence-corrected chi connectivity index (χ2v) is 9.05. The van der Waals surface area contributed by atoms with Crippen LogP contribution in [-0.4, -0.2) is 47.3 Å². The van der Waals surface area contributed by atoms with E-state index in [0.29, 0.717) is 17.4 Å². The van der Waals surface area contributed by atoms with Gasteiger partial charge in [0, 0.05) is 35.7 Å². The van der Waals surface area contributed by atoms with Gasteiger partial charge in [0.05, 0.1) is 23.2 Å². The molecule has 2 N–H and O–H groups in total. The molecule has 8 heteroatoms. The summed E-state index contributed by atoms with van der Waals surface area (Å²) < 4.78 is 7.56. The average Bonchev–Trinajstić information content (AvgIpc) is 3.12. The minimum Gasteiger partial charge on any atom is -0.394 e. The number of aliphatic hydroxyl groups excluding tert-OH is 2. The summed E-state index contributed by atoms with van der Waals surface area (Å²) in [4.78, 5) is 10.7. The maximum atomic E-state index is 11.1. The smallest absolute Gasteiger partial charge is 0.270 e. The van der Waals surface area contributed by atoms with Gasteiger partial charge in [0.2, 0.25) is 0 Å². The van der Waals surface area contributed by atoms with Crippen molar-refractivity contribution in [3.63, 3.8) is 0 Å². The largest absolute Gasteiger partial charge is 0.394 e. The van der Waals surface area contributed by atoms with Gasteiger partial charge in [0.25, 0.3) is 5.69 Å². The molecule has 1 aromatic carbocycles. The van der Waals surface area contributed by atoms with Gasteiger partial charge in [0.1, 0.15) is 21.1 Å². The van der Waals surface area contributed by atoms with E-state index in [1.807, 2.05) is 10.8 Å². The van der Waals surface area contributed by atoms with Crippen LogP contribution in [0, 0.1) is 21.6 Å². The third-order valence-corrected chi connectivity index (χ3v) is 4.94. The summed E-state index contributed by atoms with van der Waals surface area (Å²) in [6, 6.07) is 4.64. The van der Waals surface area contributed by atoms with Crippen molar-refractivity contribution < 1.29 is 19.9 Å². The van der Waals surface area contributed by atoms with Gasteiger partial charge in [-0.2, -0.15) is 0 Å². The van der Waals surface area contributed by atoms with Gasteiger partial charge in [-0.1, -0.05) is 19.0 Å². The van der Waals surface area contributed by atoms with Crippen LogP contribution in [0.2, 0.25) is 13.1 Å². The van der Waals surface area contributed by atoms with Gasteiger partial charge in [-0.05, 0) is 6.07 Å². The number of benzene rings is 1. The normalized spacial score (nSPS) is 23.0. The molecule has 1 saturated heterocycles. The van der Waals surface area contributed by atoms with Crippen molar-refractivity contribution in [2.24, 2.45) is 0 Å². The van der Waals surface area contributed by atoms with E-state index in [1.54, 1.807) is 6.07 Å². The number of ether oxygens (including phenoxy) is 1. The van der Waals surface area contributed by atoms with Crippen molar-refractivity contribution >= 4 is 25.4 Å². The van der Waals surface area contributed by atoms with E-state index in [0.717, 1.165) is 5.52 Å². The number of non-ortho nitro benzene ring substituents is 1. The third-order valence-electron chi connectivity index (χ3n) is 4.22. The summed E-state index contributed by atoms with van der Waals surface area (Å²) in [6.45, 7) is 3.96. The Hall–Kier alpha value is -2.18. The molecular weight excluding hydrogens is 340 g/mol. The van der Waals surface area contributed by atoms with Crippen molar-refractivity contribution in [1.29, 1.82) is 0 Å². The number of rotatable bonds is 3. The van der Waals surface area contributed by atoms with Crippen molar-refractivity contribution in [2.45, 2.75) is 38.0 Å². The van der Waals surface area contributed by atoms with E-state index in [-0.39, 0.29) is 12.3 Å². The lowest BCUT2D eigenvalue weighted by molar-refractivity contribution is -0.384. The molecule has 3 atom stereocenters. The lowest BCUT2D eigenvalue weighted by Crippen LogP contribution is -2.24. The van der Waals surface area contributed by atoms with Crippen LogP contribution >= 0.6 is 0 Å². The van der Waals surface area contributed by atoms with Crippen LogP contribution in [-0.2, 0) is 4.74 Å². The van der Waals surface area contributed by atoms with E-state index in [1.165, 1.54) is 12.1 Å². The highest BCUT2D eigenvalue weighted by Crippen LogP contribution is 2.34. The highest BCUT2D eigenvalue weighted by molar-refractivity contribution is 6.64. The monoisotopic (exact) mass is 360 g/mol. The molecule has 1 fully saturated rings. The van der Waals surface area contributed by atoms with Gasteiger partial charge >= 0.3 is 0 Å². The fraction of sp³-hybridized carbons (Fsp3) is 0.412. The molecule has 3 rings (SSSR count). The molecule has 0 spiro atoms. The number of nitro benzene ring substituents is 1. The van der Waals surface area contributed by atoms with E-state index in [9.17, 15) is 20.3 Å². The van der Waals surface area contributed by atoms with Crippen LogP contribution in [0.15, 0.2) is 24.4 Å². The minimum absolute atomic E-state index is 0.00991. The van der Waals surface area contributed by atoms with Gasteiger partial charge in [-0.3, -0.25) is 10.1 Å². The molecule has 0 saturated carbocycles. The van der Waals surface area contributed by atoms with E-state index >= 15 is 0 Å². The number of hydrogen-bond acceptors (Lipinski definition) is 5. The Bertz CT molecular complexity index is 867. The Morgan fingerprint density at radius 3 is 2.84 bits per heavy atom. The van der Waals surface area contributed by atoms with Gasteiger partial charge < -0.3 is 19.5 Å². The molecule has 1 aliphatic heterocycles. The summed E-state index contributed by atoms with van der Waals surface area (Å²) in [5.41, 5.74) is 4.69. The zero-order valence-electron chi connectivity index (χ0n) is 14.0. The molecule has 132 valence electrons. The molecule has 2 heterocycles. The molecule has 1 aliphatic rings. The number of fused-ring (bicyclic) bond motifs is 1. The Morgan fingerprint density at radius 1 is 1.48 bits per heavy atom. The highest BCUT2D eigenvalue weighted by Gasteiger charge is 2.35. The predicted octanol–water partition coefficient (Wildman–Crippen LogP) is 1.57. The van der Waals surface area contributed by atoms with E-state index in [4.69, 9.17) is 4.74 Å². The van der Waals surface area contributed by atoms with Crippen molar-refractivity contribution in [3.05, 3.63) is 40.1 Å². The van der Waals surface area contributed by atoms with E-state index in [2.05, 4.69) is 24.6 Å².